The second kappa shape index (κ2) is 6.32. The van der Waals surface area contributed by atoms with Gasteiger partial charge in [-0.05, 0) is 23.0 Å². The summed E-state index contributed by atoms with van der Waals surface area (Å²) in [6.07, 6.45) is 1.77. The van der Waals surface area contributed by atoms with Crippen LogP contribution in [0.3, 0.4) is 0 Å². The van der Waals surface area contributed by atoms with Crippen molar-refractivity contribution in [3.63, 3.8) is 0 Å². The summed E-state index contributed by atoms with van der Waals surface area (Å²) in [5.41, 5.74) is 0. The minimum absolute atomic E-state index is 0.0836. The Morgan fingerprint density at radius 2 is 2.06 bits per heavy atom. The van der Waals surface area contributed by atoms with Gasteiger partial charge in [0.2, 0.25) is 6.79 Å². The molecule has 88 valence electrons. The van der Waals surface area contributed by atoms with E-state index in [1.54, 1.807) is 24.5 Å². The van der Waals surface area contributed by atoms with E-state index in [4.69, 9.17) is 0 Å². The zero-order valence-electron chi connectivity index (χ0n) is 8.37. The van der Waals surface area contributed by atoms with Gasteiger partial charge in [-0.1, -0.05) is 12.1 Å². The van der Waals surface area contributed by atoms with Crippen LogP contribution in [0.25, 0.3) is 0 Å². The normalized spacial score (nSPS) is 11.8. The van der Waals surface area contributed by atoms with Crippen molar-refractivity contribution in [1.29, 1.82) is 0 Å². The molecule has 0 aliphatic carbocycles. The molecule has 1 atom stereocenters. The Balaban J connectivity index is 2.93. The molecule has 5 nitrogen and oxygen atoms in total. The predicted molar refractivity (Wildman–Crippen MR) is 61.4 cm³/mol. The minimum Gasteiger partial charge on any atom is -0.232 e. The molecule has 0 spiro atoms. The predicted octanol–water partition coefficient (Wildman–Crippen LogP) is 2.03. The average Bonchev–Trinajstić information content (AvgIpc) is 2.29. The Morgan fingerprint density at radius 3 is 2.69 bits per heavy atom. The molecule has 0 fully saturated rings. The summed E-state index contributed by atoms with van der Waals surface area (Å²) in [5.74, 6) is 0. The fraction of sp³-hybridized carbons (Fsp3) is 0.250. The molecule has 0 bridgehead atoms. The first-order valence-corrected chi connectivity index (χ1v) is 7.58. The van der Waals surface area contributed by atoms with Crippen molar-refractivity contribution in [2.45, 2.75) is 9.79 Å². The topological polar surface area (TPSA) is 69.7 Å². The van der Waals surface area contributed by atoms with Gasteiger partial charge in [-0.15, -0.1) is 16.3 Å². The summed E-state index contributed by atoms with van der Waals surface area (Å²) in [6, 6.07) is 6.46. The van der Waals surface area contributed by atoms with Crippen molar-refractivity contribution >= 4 is 30.6 Å². The van der Waals surface area contributed by atoms with Crippen LogP contribution in [0.2, 0.25) is 0 Å². The van der Waals surface area contributed by atoms with E-state index in [0.717, 1.165) is 0 Å². The molecule has 0 N–H and O–H groups in total. The fourth-order valence-corrected chi connectivity index (χ4v) is 3.09. The molecule has 0 saturated carbocycles. The third-order valence-electron chi connectivity index (χ3n) is 1.66. The van der Waals surface area contributed by atoms with Crippen molar-refractivity contribution < 1.29 is 21.7 Å². The quantitative estimate of drug-likeness (QED) is 0.261. The number of rotatable bonds is 6. The maximum Gasteiger partial charge on any atom is 0.496 e. The first-order valence-electron chi connectivity index (χ1n) is 4.13. The summed E-state index contributed by atoms with van der Waals surface area (Å²) in [7, 11) is -4.90. The molecule has 0 saturated heterocycles. The van der Waals surface area contributed by atoms with E-state index in [-0.39, 0.29) is 4.90 Å². The molecular formula is C8H10O5PS2+. The van der Waals surface area contributed by atoms with Crippen molar-refractivity contribution in [3.8, 4) is 0 Å². The van der Waals surface area contributed by atoms with Gasteiger partial charge >= 0.3 is 18.8 Å². The lowest BCUT2D eigenvalue weighted by atomic mass is 10.4. The zero-order valence-corrected chi connectivity index (χ0v) is 11.0. The lowest BCUT2D eigenvalue weighted by molar-refractivity contribution is 0.139. The summed E-state index contributed by atoms with van der Waals surface area (Å²) in [4.78, 5) is 0.674. The summed E-state index contributed by atoms with van der Waals surface area (Å²) in [6.45, 7) is -0.549. The van der Waals surface area contributed by atoms with Gasteiger partial charge in [-0.25, -0.2) is 4.18 Å². The number of hydrogen-bond donors (Lipinski definition) is 0. The van der Waals surface area contributed by atoms with Crippen LogP contribution in [0.4, 0.5) is 0 Å². The molecule has 0 aliphatic heterocycles. The average molecular weight is 281 g/mol. The number of thioether (sulfide) groups is 1. The van der Waals surface area contributed by atoms with Gasteiger partial charge in [0.05, 0.1) is 0 Å². The van der Waals surface area contributed by atoms with E-state index in [1.807, 2.05) is 0 Å². The van der Waals surface area contributed by atoms with Crippen LogP contribution < -0.4 is 0 Å². The van der Waals surface area contributed by atoms with Gasteiger partial charge in [0.25, 0.3) is 0 Å². The number of hydrogen-bond acceptors (Lipinski definition) is 6. The van der Waals surface area contributed by atoms with Crippen LogP contribution in [-0.2, 0) is 23.4 Å². The van der Waals surface area contributed by atoms with Crippen LogP contribution in [-0.4, -0.2) is 21.5 Å². The van der Waals surface area contributed by atoms with Crippen molar-refractivity contribution in [2.24, 2.45) is 0 Å². The zero-order chi connectivity index (χ0) is 12.0. The van der Waals surface area contributed by atoms with E-state index < -0.39 is 25.6 Å². The molecule has 0 amide bonds. The van der Waals surface area contributed by atoms with Gasteiger partial charge < -0.3 is 0 Å². The molecule has 0 aliphatic rings. The molecule has 1 rings (SSSR count). The highest BCUT2D eigenvalue weighted by Crippen LogP contribution is 2.25. The Labute approximate surface area is 99.6 Å². The summed E-state index contributed by atoms with van der Waals surface area (Å²) >= 11 is 1.30. The molecule has 16 heavy (non-hydrogen) atoms. The van der Waals surface area contributed by atoms with E-state index in [2.05, 4.69) is 8.71 Å². The van der Waals surface area contributed by atoms with E-state index in [0.29, 0.717) is 4.90 Å². The van der Waals surface area contributed by atoms with Crippen molar-refractivity contribution in [2.75, 3.05) is 13.0 Å². The minimum atomic E-state index is -3.86. The SMILES string of the molecule is CSc1ccccc1S(=O)(=O)OCO[PH+]=O. The van der Waals surface area contributed by atoms with Crippen molar-refractivity contribution in [3.05, 3.63) is 24.3 Å². The van der Waals surface area contributed by atoms with Gasteiger partial charge in [0, 0.05) is 4.90 Å². The smallest absolute Gasteiger partial charge is 0.232 e. The van der Waals surface area contributed by atoms with Gasteiger partial charge in [0.1, 0.15) is 4.90 Å². The van der Waals surface area contributed by atoms with Crippen LogP contribution in [0.1, 0.15) is 0 Å². The summed E-state index contributed by atoms with van der Waals surface area (Å²) in [5, 5.41) is 0. The molecular weight excluding hydrogens is 271 g/mol. The first kappa shape index (κ1) is 13.6. The highest BCUT2D eigenvalue weighted by molar-refractivity contribution is 7.99. The Morgan fingerprint density at radius 1 is 1.38 bits per heavy atom. The van der Waals surface area contributed by atoms with Gasteiger partial charge in [0.15, 0.2) is 0 Å². The molecule has 1 aromatic carbocycles. The monoisotopic (exact) mass is 281 g/mol. The maximum atomic E-state index is 11.7. The van der Waals surface area contributed by atoms with Crippen LogP contribution in [0, 0.1) is 0 Å². The highest BCUT2D eigenvalue weighted by Gasteiger charge is 2.19. The molecule has 1 unspecified atom stereocenters. The van der Waals surface area contributed by atoms with E-state index in [9.17, 15) is 13.0 Å². The Bertz CT molecular complexity index is 459. The van der Waals surface area contributed by atoms with E-state index in [1.165, 1.54) is 17.8 Å². The first-order chi connectivity index (χ1) is 7.61. The molecule has 1 aromatic rings. The molecule has 8 heteroatoms. The lowest BCUT2D eigenvalue weighted by Gasteiger charge is -2.06. The second-order valence-corrected chi connectivity index (χ2v) is 5.46. The van der Waals surface area contributed by atoms with Crippen LogP contribution in [0.5, 0.6) is 0 Å². The Kier molecular flexibility index (Phi) is 5.37. The Hall–Kier alpha value is -0.460. The maximum absolute atomic E-state index is 11.7. The third-order valence-corrected chi connectivity index (χ3v) is 4.12. The highest BCUT2D eigenvalue weighted by atomic mass is 32.2. The molecule has 0 heterocycles. The fourth-order valence-electron chi connectivity index (χ4n) is 1.00. The molecule has 0 radical (unpaired) electrons. The van der Waals surface area contributed by atoms with Crippen molar-refractivity contribution in [1.82, 2.24) is 0 Å². The lowest BCUT2D eigenvalue weighted by Crippen LogP contribution is -2.08. The third kappa shape index (κ3) is 3.54. The number of benzene rings is 1. The van der Waals surface area contributed by atoms with Gasteiger partial charge in [-0.2, -0.15) is 8.42 Å². The van der Waals surface area contributed by atoms with Crippen LogP contribution >= 0.6 is 20.4 Å². The largest absolute Gasteiger partial charge is 0.496 e. The second-order valence-electron chi connectivity index (χ2n) is 2.57. The van der Waals surface area contributed by atoms with Gasteiger partial charge in [-0.3, -0.25) is 0 Å². The van der Waals surface area contributed by atoms with Crippen LogP contribution in [0.15, 0.2) is 34.1 Å². The standard InChI is InChI=1S/C8H10O5PS2/c1-15-7-4-2-3-5-8(7)16(10,11)13-6-12-14-9/h2-5,14H,6H2,1H3/q+1. The van der Waals surface area contributed by atoms with E-state index >= 15 is 0 Å². The summed E-state index contributed by atoms with van der Waals surface area (Å²) < 4.78 is 42.2. The molecule has 0 aromatic heterocycles.